The molecule has 1 aliphatic carbocycles. The van der Waals surface area contributed by atoms with Crippen molar-refractivity contribution in [3.8, 4) is 0 Å². The molecule has 1 aromatic heterocycles. The Bertz CT molecular complexity index is 392. The number of nitrogens with zero attached hydrogens (tertiary/aromatic N) is 2. The second-order valence-electron chi connectivity index (χ2n) is 6.38. The highest BCUT2D eigenvalue weighted by molar-refractivity contribution is 5.11. The third kappa shape index (κ3) is 2.20. The van der Waals surface area contributed by atoms with Crippen molar-refractivity contribution in [3.05, 3.63) is 18.2 Å². The standard InChI is InChI=1S/C15H25N3/c1-11-3-4-14(12(2)7-11)18-10-17-9-15(18)13-5-6-16-8-13/h9-14,16H,3-8H2,1-2H3. The molecule has 2 fully saturated rings. The van der Waals surface area contributed by atoms with E-state index in [4.69, 9.17) is 0 Å². The Hall–Kier alpha value is -0.830. The number of rotatable bonds is 2. The fourth-order valence-electron chi connectivity index (χ4n) is 3.88. The molecule has 2 aliphatic rings. The van der Waals surface area contributed by atoms with Gasteiger partial charge >= 0.3 is 0 Å². The molecule has 1 saturated heterocycles. The summed E-state index contributed by atoms with van der Waals surface area (Å²) < 4.78 is 2.49. The molecule has 0 radical (unpaired) electrons. The van der Waals surface area contributed by atoms with Crippen molar-refractivity contribution in [1.29, 1.82) is 0 Å². The van der Waals surface area contributed by atoms with Gasteiger partial charge in [-0.05, 0) is 44.1 Å². The van der Waals surface area contributed by atoms with E-state index in [9.17, 15) is 0 Å². The van der Waals surface area contributed by atoms with Gasteiger partial charge in [-0.25, -0.2) is 4.98 Å². The summed E-state index contributed by atoms with van der Waals surface area (Å²) >= 11 is 0. The zero-order valence-electron chi connectivity index (χ0n) is 11.6. The second-order valence-corrected chi connectivity index (χ2v) is 6.38. The molecule has 18 heavy (non-hydrogen) atoms. The van der Waals surface area contributed by atoms with Crippen LogP contribution in [0.1, 0.15) is 57.2 Å². The molecule has 1 aliphatic heterocycles. The summed E-state index contributed by atoms with van der Waals surface area (Å²) in [7, 11) is 0. The molecule has 2 heterocycles. The van der Waals surface area contributed by atoms with Crippen LogP contribution in [0, 0.1) is 11.8 Å². The molecule has 1 aromatic rings. The van der Waals surface area contributed by atoms with Gasteiger partial charge in [-0.2, -0.15) is 0 Å². The minimum Gasteiger partial charge on any atom is -0.331 e. The number of hydrogen-bond acceptors (Lipinski definition) is 2. The summed E-state index contributed by atoms with van der Waals surface area (Å²) in [5, 5.41) is 3.47. The Balaban J connectivity index is 1.81. The van der Waals surface area contributed by atoms with Gasteiger partial charge in [-0.3, -0.25) is 0 Å². The lowest BCUT2D eigenvalue weighted by Gasteiger charge is -2.35. The highest BCUT2D eigenvalue weighted by Crippen LogP contribution is 2.38. The lowest BCUT2D eigenvalue weighted by Crippen LogP contribution is -2.26. The predicted octanol–water partition coefficient (Wildman–Crippen LogP) is 2.96. The Labute approximate surface area is 110 Å². The van der Waals surface area contributed by atoms with Crippen LogP contribution in [0.5, 0.6) is 0 Å². The van der Waals surface area contributed by atoms with Crippen molar-refractivity contribution in [2.45, 2.75) is 51.5 Å². The first-order chi connectivity index (χ1) is 8.75. The first kappa shape index (κ1) is 12.2. The average Bonchev–Trinajstić information content (AvgIpc) is 2.98. The van der Waals surface area contributed by atoms with Crippen LogP contribution < -0.4 is 5.32 Å². The summed E-state index contributed by atoms with van der Waals surface area (Å²) in [5.41, 5.74) is 1.46. The lowest BCUT2D eigenvalue weighted by molar-refractivity contribution is 0.203. The van der Waals surface area contributed by atoms with E-state index in [0.717, 1.165) is 24.9 Å². The van der Waals surface area contributed by atoms with Crippen LogP contribution in [-0.4, -0.2) is 22.6 Å². The average molecular weight is 247 g/mol. The van der Waals surface area contributed by atoms with Crippen molar-refractivity contribution in [3.63, 3.8) is 0 Å². The van der Waals surface area contributed by atoms with Gasteiger partial charge < -0.3 is 9.88 Å². The fourth-order valence-corrected chi connectivity index (χ4v) is 3.88. The maximum Gasteiger partial charge on any atom is 0.0950 e. The Morgan fingerprint density at radius 3 is 2.89 bits per heavy atom. The van der Waals surface area contributed by atoms with Crippen molar-refractivity contribution < 1.29 is 0 Å². The molecule has 0 amide bonds. The predicted molar refractivity (Wildman–Crippen MR) is 73.7 cm³/mol. The Morgan fingerprint density at radius 1 is 1.28 bits per heavy atom. The van der Waals surface area contributed by atoms with Gasteiger partial charge in [0.2, 0.25) is 0 Å². The molecule has 3 nitrogen and oxygen atoms in total. The minimum absolute atomic E-state index is 0.680. The maximum atomic E-state index is 4.43. The smallest absolute Gasteiger partial charge is 0.0950 e. The van der Waals surface area contributed by atoms with Gasteiger partial charge in [-0.15, -0.1) is 0 Å². The number of nitrogens with one attached hydrogen (secondary N) is 1. The van der Waals surface area contributed by atoms with Crippen LogP contribution in [0.3, 0.4) is 0 Å². The molecule has 3 heteroatoms. The molecule has 4 atom stereocenters. The lowest BCUT2D eigenvalue weighted by atomic mass is 9.79. The molecule has 0 bridgehead atoms. The van der Waals surface area contributed by atoms with E-state index in [1.54, 1.807) is 0 Å². The number of imidazole rings is 1. The molecule has 100 valence electrons. The molecular formula is C15H25N3. The third-order valence-electron chi connectivity index (χ3n) is 4.92. The Kier molecular flexibility index (Phi) is 3.42. The van der Waals surface area contributed by atoms with Gasteiger partial charge in [-0.1, -0.05) is 13.8 Å². The van der Waals surface area contributed by atoms with E-state index in [1.807, 2.05) is 0 Å². The second kappa shape index (κ2) is 5.04. The van der Waals surface area contributed by atoms with Crippen LogP contribution in [0.25, 0.3) is 0 Å². The van der Waals surface area contributed by atoms with Crippen LogP contribution in [-0.2, 0) is 0 Å². The van der Waals surface area contributed by atoms with Crippen molar-refractivity contribution in [2.24, 2.45) is 11.8 Å². The van der Waals surface area contributed by atoms with Crippen molar-refractivity contribution in [1.82, 2.24) is 14.9 Å². The van der Waals surface area contributed by atoms with E-state index in [2.05, 4.69) is 41.2 Å². The highest BCUT2D eigenvalue weighted by Gasteiger charge is 2.30. The van der Waals surface area contributed by atoms with Gasteiger partial charge in [0.1, 0.15) is 0 Å². The van der Waals surface area contributed by atoms with Crippen LogP contribution in [0.4, 0.5) is 0 Å². The molecule has 0 spiro atoms. The van der Waals surface area contributed by atoms with E-state index in [0.29, 0.717) is 12.0 Å². The maximum absolute atomic E-state index is 4.43. The molecule has 1 N–H and O–H groups in total. The third-order valence-corrected chi connectivity index (χ3v) is 4.92. The van der Waals surface area contributed by atoms with E-state index < -0.39 is 0 Å². The zero-order chi connectivity index (χ0) is 12.5. The van der Waals surface area contributed by atoms with Gasteiger partial charge in [0, 0.05) is 30.4 Å². The summed E-state index contributed by atoms with van der Waals surface area (Å²) in [5.74, 6) is 2.37. The van der Waals surface area contributed by atoms with Gasteiger partial charge in [0.15, 0.2) is 0 Å². The molecule has 1 saturated carbocycles. The van der Waals surface area contributed by atoms with Crippen LogP contribution in [0.2, 0.25) is 0 Å². The highest BCUT2D eigenvalue weighted by atomic mass is 15.1. The van der Waals surface area contributed by atoms with Crippen molar-refractivity contribution in [2.75, 3.05) is 13.1 Å². The molecular weight excluding hydrogens is 222 g/mol. The number of aromatic nitrogens is 2. The molecule has 3 rings (SSSR count). The van der Waals surface area contributed by atoms with E-state index >= 15 is 0 Å². The first-order valence-corrected chi connectivity index (χ1v) is 7.48. The first-order valence-electron chi connectivity index (χ1n) is 7.48. The SMILES string of the molecule is CC1CCC(n2cncc2C2CCNC2)C(C)C1. The van der Waals surface area contributed by atoms with Crippen molar-refractivity contribution >= 4 is 0 Å². The minimum atomic E-state index is 0.680. The van der Waals surface area contributed by atoms with Crippen LogP contribution >= 0.6 is 0 Å². The van der Waals surface area contributed by atoms with E-state index in [-0.39, 0.29) is 0 Å². The summed E-state index contributed by atoms with van der Waals surface area (Å²) in [6, 6.07) is 0.680. The van der Waals surface area contributed by atoms with Gasteiger partial charge in [0.05, 0.1) is 6.33 Å². The molecule has 4 unspecified atom stereocenters. The topological polar surface area (TPSA) is 29.9 Å². The summed E-state index contributed by atoms with van der Waals surface area (Å²) in [6.07, 6.45) is 9.50. The summed E-state index contributed by atoms with van der Waals surface area (Å²) in [4.78, 5) is 4.43. The quantitative estimate of drug-likeness (QED) is 0.870. The molecule has 0 aromatic carbocycles. The normalized spacial score (nSPS) is 37.0. The van der Waals surface area contributed by atoms with E-state index in [1.165, 1.54) is 31.4 Å². The monoisotopic (exact) mass is 247 g/mol. The van der Waals surface area contributed by atoms with Crippen LogP contribution in [0.15, 0.2) is 12.5 Å². The fraction of sp³-hybridized carbons (Fsp3) is 0.800. The zero-order valence-corrected chi connectivity index (χ0v) is 11.6. The largest absolute Gasteiger partial charge is 0.331 e. The Morgan fingerprint density at radius 2 is 2.17 bits per heavy atom. The summed E-state index contributed by atoms with van der Waals surface area (Å²) in [6.45, 7) is 7.09. The van der Waals surface area contributed by atoms with Gasteiger partial charge in [0.25, 0.3) is 0 Å². The number of hydrogen-bond donors (Lipinski definition) is 1.